The largest absolute Gasteiger partial charge is 0.467 e. The highest BCUT2D eigenvalue weighted by atomic mass is 16.5. The number of hydrazine groups is 1. The summed E-state index contributed by atoms with van der Waals surface area (Å²) >= 11 is 0. The lowest BCUT2D eigenvalue weighted by atomic mass is 10.4. The van der Waals surface area contributed by atoms with E-state index in [4.69, 9.17) is 10.6 Å². The second kappa shape index (κ2) is 5.45. The molecule has 1 aliphatic rings. The Morgan fingerprint density at radius 2 is 2.22 bits per heavy atom. The third kappa shape index (κ3) is 2.74. The van der Waals surface area contributed by atoms with Crippen molar-refractivity contribution in [3.05, 3.63) is 0 Å². The number of anilines is 2. The Balaban J connectivity index is 2.22. The van der Waals surface area contributed by atoms with Crippen LogP contribution in [-0.4, -0.2) is 47.6 Å². The molecule has 1 aliphatic heterocycles. The molecular formula is C9H15N7O2. The second-order valence-electron chi connectivity index (χ2n) is 3.68. The maximum absolute atomic E-state index is 11.3. The number of methoxy groups -OCH3 is 1. The lowest BCUT2D eigenvalue weighted by Gasteiger charge is -2.19. The molecule has 9 heteroatoms. The number of ether oxygens (including phenoxy) is 1. The van der Waals surface area contributed by atoms with Crippen molar-refractivity contribution < 1.29 is 9.53 Å². The highest BCUT2D eigenvalue weighted by Crippen LogP contribution is 2.15. The third-order valence-electron chi connectivity index (χ3n) is 2.51. The van der Waals surface area contributed by atoms with Crippen molar-refractivity contribution in [3.8, 4) is 6.01 Å². The molecule has 0 unspecified atom stereocenters. The van der Waals surface area contributed by atoms with Crippen molar-refractivity contribution in [1.82, 2.24) is 20.3 Å². The molecule has 1 aromatic rings. The number of carbonyl (C=O) groups is 1. The quantitative estimate of drug-likeness (QED) is 0.439. The summed E-state index contributed by atoms with van der Waals surface area (Å²) in [6.45, 7) is 1.73. The molecule has 0 saturated carbocycles. The van der Waals surface area contributed by atoms with E-state index in [2.05, 4.69) is 25.7 Å². The summed E-state index contributed by atoms with van der Waals surface area (Å²) in [6.07, 6.45) is 0.402. The number of rotatable bonds is 3. The van der Waals surface area contributed by atoms with Crippen LogP contribution in [0.15, 0.2) is 0 Å². The molecule has 98 valence electrons. The number of carbonyl (C=O) groups excluding carboxylic acids is 1. The Hall–Kier alpha value is -2.16. The van der Waals surface area contributed by atoms with E-state index >= 15 is 0 Å². The highest BCUT2D eigenvalue weighted by Gasteiger charge is 2.17. The van der Waals surface area contributed by atoms with E-state index in [9.17, 15) is 4.79 Å². The van der Waals surface area contributed by atoms with Crippen LogP contribution in [0, 0.1) is 0 Å². The predicted molar refractivity (Wildman–Crippen MR) is 64.0 cm³/mol. The molecule has 2 heterocycles. The molecule has 0 spiro atoms. The summed E-state index contributed by atoms with van der Waals surface area (Å²) in [7, 11) is 1.47. The highest BCUT2D eigenvalue weighted by molar-refractivity contribution is 5.77. The average molecular weight is 253 g/mol. The molecule has 1 aromatic heterocycles. The average Bonchev–Trinajstić information content (AvgIpc) is 2.63. The fourth-order valence-corrected chi connectivity index (χ4v) is 1.61. The molecule has 1 fully saturated rings. The molecule has 0 aliphatic carbocycles. The first-order valence-electron chi connectivity index (χ1n) is 5.51. The van der Waals surface area contributed by atoms with E-state index in [0.29, 0.717) is 32.0 Å². The van der Waals surface area contributed by atoms with E-state index in [0.717, 1.165) is 0 Å². The minimum Gasteiger partial charge on any atom is -0.467 e. The minimum atomic E-state index is 0.0238. The summed E-state index contributed by atoms with van der Waals surface area (Å²) in [4.78, 5) is 25.3. The van der Waals surface area contributed by atoms with Crippen LogP contribution in [0.1, 0.15) is 6.42 Å². The molecule has 9 nitrogen and oxygen atoms in total. The van der Waals surface area contributed by atoms with E-state index in [1.807, 2.05) is 4.90 Å². The smallest absolute Gasteiger partial charge is 0.322 e. The number of nitrogens with two attached hydrogens (primary N) is 1. The maximum Gasteiger partial charge on any atom is 0.322 e. The van der Waals surface area contributed by atoms with Gasteiger partial charge in [0, 0.05) is 26.1 Å². The molecule has 1 saturated heterocycles. The van der Waals surface area contributed by atoms with Crippen molar-refractivity contribution in [1.29, 1.82) is 0 Å². The minimum absolute atomic E-state index is 0.0238. The van der Waals surface area contributed by atoms with Gasteiger partial charge >= 0.3 is 6.01 Å². The van der Waals surface area contributed by atoms with Crippen molar-refractivity contribution in [2.45, 2.75) is 6.42 Å². The van der Waals surface area contributed by atoms with Gasteiger partial charge in [-0.15, -0.1) is 0 Å². The van der Waals surface area contributed by atoms with Crippen molar-refractivity contribution in [2.75, 3.05) is 37.1 Å². The molecule has 2 rings (SSSR count). The molecular weight excluding hydrogens is 238 g/mol. The molecule has 0 radical (unpaired) electrons. The number of nitrogen functional groups attached to an aromatic ring is 1. The SMILES string of the molecule is COc1nc(NN)nc(N2CCNC(=O)CC2)n1. The van der Waals surface area contributed by atoms with Gasteiger partial charge < -0.3 is 15.0 Å². The zero-order valence-corrected chi connectivity index (χ0v) is 10.0. The van der Waals surface area contributed by atoms with Crippen LogP contribution in [-0.2, 0) is 4.79 Å². The number of nitrogens with one attached hydrogen (secondary N) is 2. The Kier molecular flexibility index (Phi) is 3.72. The topological polar surface area (TPSA) is 118 Å². The van der Waals surface area contributed by atoms with Crippen LogP contribution in [0.3, 0.4) is 0 Å². The zero-order chi connectivity index (χ0) is 13.0. The first-order chi connectivity index (χ1) is 8.72. The molecule has 4 N–H and O–H groups in total. The summed E-state index contributed by atoms with van der Waals surface area (Å²) in [5, 5.41) is 2.78. The number of nitrogens with zero attached hydrogens (tertiary/aromatic N) is 4. The van der Waals surface area contributed by atoms with E-state index in [1.54, 1.807) is 0 Å². The predicted octanol–water partition coefficient (Wildman–Crippen LogP) is -1.51. The Morgan fingerprint density at radius 1 is 1.39 bits per heavy atom. The third-order valence-corrected chi connectivity index (χ3v) is 2.51. The van der Waals surface area contributed by atoms with Gasteiger partial charge in [0.15, 0.2) is 0 Å². The van der Waals surface area contributed by atoms with Gasteiger partial charge in [0.05, 0.1) is 7.11 Å². The van der Waals surface area contributed by atoms with Gasteiger partial charge in [0.1, 0.15) is 0 Å². The molecule has 1 amide bonds. The van der Waals surface area contributed by atoms with Crippen LogP contribution in [0.25, 0.3) is 0 Å². The van der Waals surface area contributed by atoms with Crippen molar-refractivity contribution >= 4 is 17.8 Å². The van der Waals surface area contributed by atoms with Gasteiger partial charge in [0.2, 0.25) is 17.8 Å². The van der Waals surface area contributed by atoms with Gasteiger partial charge in [-0.3, -0.25) is 10.2 Å². The lowest BCUT2D eigenvalue weighted by molar-refractivity contribution is -0.120. The summed E-state index contributed by atoms with van der Waals surface area (Å²) < 4.78 is 4.97. The van der Waals surface area contributed by atoms with Crippen molar-refractivity contribution in [2.24, 2.45) is 5.84 Å². The number of aromatic nitrogens is 3. The van der Waals surface area contributed by atoms with Crippen LogP contribution in [0.4, 0.5) is 11.9 Å². The molecule has 0 atom stereocenters. The first-order valence-corrected chi connectivity index (χ1v) is 5.51. The Morgan fingerprint density at radius 3 is 2.94 bits per heavy atom. The van der Waals surface area contributed by atoms with Gasteiger partial charge in [-0.25, -0.2) is 5.84 Å². The van der Waals surface area contributed by atoms with Gasteiger partial charge in [-0.05, 0) is 0 Å². The molecule has 0 aromatic carbocycles. The fourth-order valence-electron chi connectivity index (χ4n) is 1.61. The second-order valence-corrected chi connectivity index (χ2v) is 3.68. The summed E-state index contributed by atoms with van der Waals surface area (Å²) in [5.74, 6) is 5.96. The maximum atomic E-state index is 11.3. The number of amides is 1. The molecule has 18 heavy (non-hydrogen) atoms. The number of hydrogen-bond donors (Lipinski definition) is 3. The van der Waals surface area contributed by atoms with Crippen LogP contribution >= 0.6 is 0 Å². The Labute approximate surface area is 104 Å². The van der Waals surface area contributed by atoms with Gasteiger partial charge in [-0.1, -0.05) is 0 Å². The van der Waals surface area contributed by atoms with E-state index in [1.165, 1.54) is 7.11 Å². The molecule has 0 bridgehead atoms. The first kappa shape index (κ1) is 12.3. The fraction of sp³-hybridized carbons (Fsp3) is 0.556. The summed E-state index contributed by atoms with van der Waals surface area (Å²) in [6, 6.07) is 0.177. The zero-order valence-electron chi connectivity index (χ0n) is 10.0. The van der Waals surface area contributed by atoms with Gasteiger partial charge in [0.25, 0.3) is 0 Å². The van der Waals surface area contributed by atoms with Gasteiger partial charge in [-0.2, -0.15) is 15.0 Å². The van der Waals surface area contributed by atoms with E-state index < -0.39 is 0 Å². The summed E-state index contributed by atoms with van der Waals surface area (Å²) in [5.41, 5.74) is 2.35. The Bertz CT molecular complexity index is 417. The number of hydrogen-bond acceptors (Lipinski definition) is 8. The normalized spacial score (nSPS) is 15.9. The lowest BCUT2D eigenvalue weighted by Crippen LogP contribution is -2.30. The van der Waals surface area contributed by atoms with Crippen molar-refractivity contribution in [3.63, 3.8) is 0 Å². The van der Waals surface area contributed by atoms with Crippen LogP contribution in [0.5, 0.6) is 6.01 Å². The van der Waals surface area contributed by atoms with Crippen LogP contribution in [0.2, 0.25) is 0 Å². The van der Waals surface area contributed by atoms with E-state index in [-0.39, 0.29) is 17.9 Å². The monoisotopic (exact) mass is 253 g/mol. The standard InChI is InChI=1S/C9H15N7O2/c1-18-9-13-7(15-10)12-8(14-9)16-4-2-6(17)11-3-5-16/h2-5,10H2,1H3,(H,11,17)(H,12,13,14,15). The van der Waals surface area contributed by atoms with Crippen LogP contribution < -0.4 is 26.2 Å².